The Morgan fingerprint density at radius 1 is 1.55 bits per heavy atom. The summed E-state index contributed by atoms with van der Waals surface area (Å²) in [5, 5.41) is 18.5. The van der Waals surface area contributed by atoms with Gasteiger partial charge in [-0.05, 0) is 0 Å². The second-order valence-corrected chi connectivity index (χ2v) is 5.52. The lowest BCUT2D eigenvalue weighted by Gasteiger charge is -2.15. The monoisotopic (exact) mass is 306 g/mol. The highest BCUT2D eigenvalue weighted by atomic mass is 32.2. The number of rotatable bonds is 5. The molecule has 0 unspecified atom stereocenters. The second kappa shape index (κ2) is 6.53. The summed E-state index contributed by atoms with van der Waals surface area (Å²) < 4.78 is 19.6. The van der Waals surface area contributed by atoms with Gasteiger partial charge in [0.15, 0.2) is 0 Å². The van der Waals surface area contributed by atoms with Crippen LogP contribution in [0.15, 0.2) is 15.8 Å². The molecule has 20 heavy (non-hydrogen) atoms. The first-order chi connectivity index (χ1) is 9.52. The number of hydrogen-bond donors (Lipinski definition) is 3. The molecule has 0 aliphatic carbocycles. The van der Waals surface area contributed by atoms with Crippen molar-refractivity contribution in [2.75, 3.05) is 18.1 Å². The molecule has 1 aromatic rings. The van der Waals surface area contributed by atoms with Gasteiger partial charge in [-0.2, -0.15) is 16.2 Å². The Labute approximate surface area is 117 Å². The third kappa shape index (κ3) is 3.29. The summed E-state index contributed by atoms with van der Waals surface area (Å²) >= 11 is 1.41. The van der Waals surface area contributed by atoms with E-state index < -0.39 is 35.5 Å². The van der Waals surface area contributed by atoms with Crippen LogP contribution in [0.5, 0.6) is 0 Å². The van der Waals surface area contributed by atoms with Crippen LogP contribution in [0.3, 0.4) is 0 Å². The lowest BCUT2D eigenvalue weighted by Crippen LogP contribution is -2.34. The molecule has 112 valence electrons. The number of hydrogen-bond acceptors (Lipinski definition) is 6. The Kier molecular flexibility index (Phi) is 4.97. The van der Waals surface area contributed by atoms with Crippen molar-refractivity contribution in [1.82, 2.24) is 9.55 Å². The van der Waals surface area contributed by atoms with Crippen LogP contribution >= 0.6 is 11.8 Å². The summed E-state index contributed by atoms with van der Waals surface area (Å²) in [5.74, 6) is -0.107. The van der Waals surface area contributed by atoms with Crippen molar-refractivity contribution in [3.8, 4) is 0 Å². The maximum atomic E-state index is 13.2. The van der Waals surface area contributed by atoms with Gasteiger partial charge in [-0.3, -0.25) is 14.3 Å². The zero-order chi connectivity index (χ0) is 14.7. The minimum atomic E-state index is -1.08. The number of halogens is 1. The number of ether oxygens (including phenoxy) is 1. The smallest absolute Gasteiger partial charge is 0.330 e. The number of thioether (sulfide) groups is 1. The number of aromatic nitrogens is 2. The second-order valence-electron chi connectivity index (χ2n) is 4.37. The molecule has 0 aromatic carbocycles. The summed E-state index contributed by atoms with van der Waals surface area (Å²) in [7, 11) is 0. The number of aliphatic hydroxyl groups is 2. The summed E-state index contributed by atoms with van der Waals surface area (Å²) in [6.45, 7) is 0.0293. The Hall–Kier alpha value is -1.16. The van der Waals surface area contributed by atoms with Gasteiger partial charge in [-0.15, -0.1) is 0 Å². The zero-order valence-corrected chi connectivity index (χ0v) is 11.3. The van der Waals surface area contributed by atoms with Gasteiger partial charge >= 0.3 is 5.69 Å². The predicted molar refractivity (Wildman–Crippen MR) is 70.2 cm³/mol. The molecule has 3 N–H and O–H groups in total. The standard InChI is InChI=1S/C11H15FN2O5S/c12-6-4-14(11(18)13-10(6)17)9-3-7(16)8(19-9)5-20-2-1-15/h4,7-9,15-16H,1-3,5H2,(H,13,17,18)/t7-,8+,9+/m0/s1. The molecule has 1 aliphatic heterocycles. The van der Waals surface area contributed by atoms with Crippen molar-refractivity contribution >= 4 is 11.8 Å². The van der Waals surface area contributed by atoms with Crippen molar-refractivity contribution in [1.29, 1.82) is 0 Å². The summed E-state index contributed by atoms with van der Waals surface area (Å²) in [6, 6.07) is 0. The highest BCUT2D eigenvalue weighted by Gasteiger charge is 2.35. The first-order valence-corrected chi connectivity index (χ1v) is 7.21. The van der Waals surface area contributed by atoms with E-state index >= 15 is 0 Å². The number of aromatic amines is 1. The average Bonchev–Trinajstić information content (AvgIpc) is 2.76. The van der Waals surface area contributed by atoms with Crippen LogP contribution in [0.2, 0.25) is 0 Å². The molecule has 1 saturated heterocycles. The van der Waals surface area contributed by atoms with E-state index in [0.717, 1.165) is 10.8 Å². The molecule has 0 bridgehead atoms. The van der Waals surface area contributed by atoms with Gasteiger partial charge in [-0.25, -0.2) is 4.79 Å². The number of nitrogens with zero attached hydrogens (tertiary/aromatic N) is 1. The molecule has 0 spiro atoms. The molecule has 0 amide bonds. The molecular weight excluding hydrogens is 291 g/mol. The number of aliphatic hydroxyl groups excluding tert-OH is 2. The largest absolute Gasteiger partial charge is 0.396 e. The fourth-order valence-electron chi connectivity index (χ4n) is 1.97. The summed E-state index contributed by atoms with van der Waals surface area (Å²) in [5.41, 5.74) is -1.86. The van der Waals surface area contributed by atoms with E-state index in [0.29, 0.717) is 11.5 Å². The van der Waals surface area contributed by atoms with E-state index in [4.69, 9.17) is 9.84 Å². The molecular formula is C11H15FN2O5S. The molecule has 2 heterocycles. The number of nitrogens with one attached hydrogen (secondary N) is 1. The SMILES string of the molecule is O=c1[nH]c(=O)n([C@H]2C[C@H](O)[C@@H](CSCCO)O2)cc1F. The Balaban J connectivity index is 2.10. The molecule has 0 radical (unpaired) electrons. The lowest BCUT2D eigenvalue weighted by atomic mass is 10.2. The Morgan fingerprint density at radius 3 is 3.00 bits per heavy atom. The fourth-order valence-corrected chi connectivity index (χ4v) is 2.80. The van der Waals surface area contributed by atoms with Gasteiger partial charge in [-0.1, -0.05) is 0 Å². The normalized spacial score (nSPS) is 26.1. The van der Waals surface area contributed by atoms with E-state index in [1.807, 2.05) is 4.98 Å². The first kappa shape index (κ1) is 15.2. The minimum Gasteiger partial charge on any atom is -0.396 e. The predicted octanol–water partition coefficient (Wildman–Crippen LogP) is -0.950. The molecule has 7 nitrogen and oxygen atoms in total. The van der Waals surface area contributed by atoms with Crippen LogP contribution in [-0.2, 0) is 4.74 Å². The van der Waals surface area contributed by atoms with Crippen LogP contribution in [0, 0.1) is 5.82 Å². The Morgan fingerprint density at radius 2 is 2.30 bits per heavy atom. The lowest BCUT2D eigenvalue weighted by molar-refractivity contribution is -0.00803. The molecule has 3 atom stereocenters. The van der Waals surface area contributed by atoms with Crippen LogP contribution in [0.25, 0.3) is 0 Å². The van der Waals surface area contributed by atoms with Crippen molar-refractivity contribution in [2.45, 2.75) is 24.9 Å². The highest BCUT2D eigenvalue weighted by molar-refractivity contribution is 7.99. The van der Waals surface area contributed by atoms with E-state index in [-0.39, 0.29) is 13.0 Å². The van der Waals surface area contributed by atoms with Crippen LogP contribution in [0.4, 0.5) is 4.39 Å². The van der Waals surface area contributed by atoms with Crippen molar-refractivity contribution < 1.29 is 19.3 Å². The highest BCUT2D eigenvalue weighted by Crippen LogP contribution is 2.29. The van der Waals surface area contributed by atoms with Crippen molar-refractivity contribution in [2.24, 2.45) is 0 Å². The molecule has 1 aromatic heterocycles. The van der Waals surface area contributed by atoms with E-state index in [2.05, 4.69) is 0 Å². The zero-order valence-electron chi connectivity index (χ0n) is 10.5. The van der Waals surface area contributed by atoms with Gasteiger partial charge in [0, 0.05) is 17.9 Å². The quantitative estimate of drug-likeness (QED) is 0.606. The maximum Gasteiger partial charge on any atom is 0.330 e. The molecule has 0 saturated carbocycles. The van der Waals surface area contributed by atoms with E-state index in [1.165, 1.54) is 11.8 Å². The van der Waals surface area contributed by atoms with Crippen LogP contribution in [0.1, 0.15) is 12.6 Å². The molecule has 1 aliphatic rings. The molecule has 9 heteroatoms. The molecule has 1 fully saturated rings. The van der Waals surface area contributed by atoms with Crippen molar-refractivity contribution in [3.05, 3.63) is 32.9 Å². The van der Waals surface area contributed by atoms with Gasteiger partial charge in [0.05, 0.1) is 25.0 Å². The first-order valence-electron chi connectivity index (χ1n) is 6.06. The number of H-pyrrole nitrogens is 1. The van der Waals surface area contributed by atoms with E-state index in [9.17, 15) is 19.1 Å². The van der Waals surface area contributed by atoms with Gasteiger partial charge < -0.3 is 14.9 Å². The van der Waals surface area contributed by atoms with Gasteiger partial charge in [0.25, 0.3) is 5.56 Å². The molecule has 2 rings (SSSR count). The van der Waals surface area contributed by atoms with Gasteiger partial charge in [0.1, 0.15) is 6.23 Å². The maximum absolute atomic E-state index is 13.2. The van der Waals surface area contributed by atoms with Crippen LogP contribution < -0.4 is 11.2 Å². The van der Waals surface area contributed by atoms with E-state index in [1.54, 1.807) is 0 Å². The summed E-state index contributed by atoms with van der Waals surface area (Å²) in [4.78, 5) is 24.4. The topological polar surface area (TPSA) is 105 Å². The fraction of sp³-hybridized carbons (Fsp3) is 0.636. The van der Waals surface area contributed by atoms with Crippen molar-refractivity contribution in [3.63, 3.8) is 0 Å². The Bertz CT molecular complexity index is 575. The third-order valence-electron chi connectivity index (χ3n) is 2.96. The minimum absolute atomic E-state index is 0.0293. The third-order valence-corrected chi connectivity index (χ3v) is 3.99. The van der Waals surface area contributed by atoms with Gasteiger partial charge in [0.2, 0.25) is 5.82 Å². The van der Waals surface area contributed by atoms with Crippen LogP contribution in [-0.4, -0.2) is 50.1 Å². The summed E-state index contributed by atoms with van der Waals surface area (Å²) in [6.07, 6.45) is -1.19. The average molecular weight is 306 g/mol.